The summed E-state index contributed by atoms with van der Waals surface area (Å²) >= 11 is 0. The third kappa shape index (κ3) is 4.80. The van der Waals surface area contributed by atoms with Gasteiger partial charge in [0, 0.05) is 11.6 Å². The number of ketones is 1. The highest BCUT2D eigenvalue weighted by molar-refractivity contribution is 6.08. The molecule has 0 saturated carbocycles. The molecule has 122 valence electrons. The number of amides is 1. The number of nitrogens with one attached hydrogen (secondary N) is 1. The van der Waals surface area contributed by atoms with Crippen LogP contribution in [0.2, 0.25) is 0 Å². The third-order valence-corrected chi connectivity index (χ3v) is 2.65. The van der Waals surface area contributed by atoms with E-state index in [4.69, 9.17) is 14.2 Å². The van der Waals surface area contributed by atoms with Crippen molar-refractivity contribution in [2.24, 2.45) is 0 Å². The highest BCUT2D eigenvalue weighted by Gasteiger charge is 2.17. The first-order valence-electron chi connectivity index (χ1n) is 6.75. The largest absolute Gasteiger partial charge is 0.493 e. The van der Waals surface area contributed by atoms with Crippen LogP contribution in [0.15, 0.2) is 24.5 Å². The molecule has 0 aromatic heterocycles. The number of ether oxygens (including phenoxy) is 3. The number of hydrogen-bond donors (Lipinski definition) is 1. The molecule has 0 aliphatic carbocycles. The van der Waals surface area contributed by atoms with Crippen molar-refractivity contribution in [2.75, 3.05) is 26.6 Å². The summed E-state index contributed by atoms with van der Waals surface area (Å²) in [6, 6.07) is 3.02. The fourth-order valence-corrected chi connectivity index (χ4v) is 1.56. The number of rotatable bonds is 6. The molecule has 0 atom stereocenters. The van der Waals surface area contributed by atoms with Crippen LogP contribution in [0, 0.1) is 0 Å². The molecule has 0 aliphatic heterocycles. The predicted octanol–water partition coefficient (Wildman–Crippen LogP) is 3.03. The monoisotopic (exact) mass is 309 g/mol. The number of anilines is 1. The van der Waals surface area contributed by atoms with Crippen molar-refractivity contribution in [3.63, 3.8) is 0 Å². The van der Waals surface area contributed by atoms with Crippen molar-refractivity contribution in [3.8, 4) is 11.5 Å². The lowest BCUT2D eigenvalue weighted by Gasteiger charge is -2.14. The molecule has 1 N–H and O–H groups in total. The van der Waals surface area contributed by atoms with Gasteiger partial charge in [-0.3, -0.25) is 9.59 Å². The van der Waals surface area contributed by atoms with Crippen LogP contribution in [0.4, 0.5) is 5.69 Å². The molecule has 1 rings (SSSR count). The minimum absolute atomic E-state index is 0.0608. The molecule has 0 bridgehead atoms. The average molecular weight is 309 g/mol. The molecule has 0 radical (unpaired) electrons. The van der Waals surface area contributed by atoms with Crippen LogP contribution in [0.5, 0.6) is 11.5 Å². The summed E-state index contributed by atoms with van der Waals surface area (Å²) in [7, 11) is 4.26. The second-order valence-electron chi connectivity index (χ2n) is 3.89. The van der Waals surface area contributed by atoms with Crippen LogP contribution in [0.3, 0.4) is 0 Å². The van der Waals surface area contributed by atoms with Gasteiger partial charge in [0.2, 0.25) is 0 Å². The van der Waals surface area contributed by atoms with Gasteiger partial charge in [-0.05, 0) is 13.0 Å². The van der Waals surface area contributed by atoms with Crippen LogP contribution in [-0.4, -0.2) is 33.0 Å². The van der Waals surface area contributed by atoms with Crippen molar-refractivity contribution in [2.45, 2.75) is 20.8 Å². The summed E-state index contributed by atoms with van der Waals surface area (Å²) in [6.07, 6.45) is 0. The average Bonchev–Trinajstić information content (AvgIpc) is 2.54. The van der Waals surface area contributed by atoms with Crippen molar-refractivity contribution < 1.29 is 23.8 Å². The molecule has 0 saturated heterocycles. The number of hydrogen-bond acceptors (Lipinski definition) is 5. The quantitative estimate of drug-likeness (QED) is 0.497. The first-order valence-corrected chi connectivity index (χ1v) is 6.75. The number of Topliss-reactive ketones (excluding diaryl/α,β-unsaturated/α-hetero) is 1. The minimum atomic E-state index is -0.540. The predicted molar refractivity (Wildman–Crippen MR) is 85.7 cm³/mol. The number of carbonyl (C=O) groups is 2. The highest BCUT2D eigenvalue weighted by atomic mass is 16.5. The van der Waals surface area contributed by atoms with E-state index in [9.17, 15) is 9.59 Å². The Morgan fingerprint density at radius 2 is 1.55 bits per heavy atom. The van der Waals surface area contributed by atoms with E-state index in [-0.39, 0.29) is 11.5 Å². The van der Waals surface area contributed by atoms with Gasteiger partial charge in [0.15, 0.2) is 23.0 Å². The highest BCUT2D eigenvalue weighted by Crippen LogP contribution is 2.33. The van der Waals surface area contributed by atoms with Gasteiger partial charge in [-0.15, -0.1) is 0 Å². The van der Waals surface area contributed by atoms with Gasteiger partial charge in [0.05, 0.1) is 27.0 Å². The van der Waals surface area contributed by atoms with Gasteiger partial charge >= 0.3 is 0 Å². The molecular formula is C16H23NO5. The van der Waals surface area contributed by atoms with Gasteiger partial charge in [-0.1, -0.05) is 20.4 Å². The molecular weight excluding hydrogens is 286 g/mol. The third-order valence-electron chi connectivity index (χ3n) is 2.65. The maximum Gasteiger partial charge on any atom is 0.290 e. The molecule has 0 spiro atoms. The van der Waals surface area contributed by atoms with Gasteiger partial charge in [0.25, 0.3) is 5.91 Å². The molecule has 0 fully saturated rings. The zero-order chi connectivity index (χ0) is 17.3. The van der Waals surface area contributed by atoms with E-state index in [1.54, 1.807) is 0 Å². The molecule has 6 nitrogen and oxygen atoms in total. The molecule has 0 heterocycles. The Morgan fingerprint density at radius 1 is 1.05 bits per heavy atom. The van der Waals surface area contributed by atoms with Gasteiger partial charge in [0.1, 0.15) is 0 Å². The molecule has 1 aromatic carbocycles. The van der Waals surface area contributed by atoms with E-state index in [0.717, 1.165) is 0 Å². The maximum absolute atomic E-state index is 11.8. The van der Waals surface area contributed by atoms with Crippen LogP contribution < -0.4 is 14.8 Å². The molecule has 6 heteroatoms. The standard InChI is InChI=1S/C14H17NO5.C2H6/c1-8(16)10-6-12(19-4)13(20-5)7-11(10)15-14(17)9(2)18-3;1-2/h6-7H,2H2,1,3-5H3,(H,15,17);1-2H3. The Balaban J connectivity index is 0.00000211. The zero-order valence-corrected chi connectivity index (χ0v) is 13.9. The van der Waals surface area contributed by atoms with Crippen molar-refractivity contribution in [1.82, 2.24) is 0 Å². The van der Waals surface area contributed by atoms with Crippen LogP contribution in [0.1, 0.15) is 31.1 Å². The Hall–Kier alpha value is -2.50. The second-order valence-corrected chi connectivity index (χ2v) is 3.89. The normalized spacial score (nSPS) is 9.00. The zero-order valence-electron chi connectivity index (χ0n) is 13.9. The molecule has 0 unspecified atom stereocenters. The Kier molecular flexibility index (Phi) is 8.37. The SMILES string of the molecule is C=C(OC)C(=O)Nc1cc(OC)c(OC)cc1C(C)=O.CC. The van der Waals surface area contributed by atoms with E-state index < -0.39 is 5.91 Å². The minimum Gasteiger partial charge on any atom is -0.493 e. The Labute approximate surface area is 131 Å². The van der Waals surface area contributed by atoms with Crippen LogP contribution in [0.25, 0.3) is 0 Å². The smallest absolute Gasteiger partial charge is 0.290 e. The fourth-order valence-electron chi connectivity index (χ4n) is 1.56. The van der Waals surface area contributed by atoms with E-state index in [0.29, 0.717) is 22.7 Å². The summed E-state index contributed by atoms with van der Waals surface area (Å²) in [5, 5.41) is 2.55. The van der Waals surface area contributed by atoms with Gasteiger partial charge < -0.3 is 19.5 Å². The van der Waals surface area contributed by atoms with Crippen molar-refractivity contribution in [1.29, 1.82) is 0 Å². The molecule has 1 aromatic rings. The summed E-state index contributed by atoms with van der Waals surface area (Å²) in [4.78, 5) is 23.4. The lowest BCUT2D eigenvalue weighted by molar-refractivity contribution is -0.115. The number of carbonyl (C=O) groups excluding carboxylic acids is 2. The summed E-state index contributed by atoms with van der Waals surface area (Å²) < 4.78 is 15.0. The number of methoxy groups -OCH3 is 3. The van der Waals surface area contributed by atoms with Crippen molar-refractivity contribution in [3.05, 3.63) is 30.0 Å². The summed E-state index contributed by atoms with van der Waals surface area (Å²) in [5.74, 6) is -0.0158. The lowest BCUT2D eigenvalue weighted by atomic mass is 10.1. The molecule has 1 amide bonds. The first kappa shape index (κ1) is 19.5. The summed E-state index contributed by atoms with van der Waals surface area (Å²) in [5.41, 5.74) is 0.609. The van der Waals surface area contributed by atoms with Gasteiger partial charge in [-0.25, -0.2) is 0 Å². The van der Waals surface area contributed by atoms with Crippen LogP contribution in [-0.2, 0) is 9.53 Å². The van der Waals surface area contributed by atoms with Crippen molar-refractivity contribution >= 4 is 17.4 Å². The van der Waals surface area contributed by atoms with E-state index in [2.05, 4.69) is 11.9 Å². The summed E-state index contributed by atoms with van der Waals surface area (Å²) in [6.45, 7) is 8.84. The van der Waals surface area contributed by atoms with E-state index >= 15 is 0 Å². The fraction of sp³-hybridized carbons (Fsp3) is 0.375. The number of benzene rings is 1. The lowest BCUT2D eigenvalue weighted by Crippen LogP contribution is -2.17. The first-order chi connectivity index (χ1) is 10.4. The van der Waals surface area contributed by atoms with E-state index in [1.807, 2.05) is 13.8 Å². The Bertz CT molecular complexity index is 552. The molecule has 22 heavy (non-hydrogen) atoms. The topological polar surface area (TPSA) is 73.9 Å². The van der Waals surface area contributed by atoms with Gasteiger partial charge in [-0.2, -0.15) is 0 Å². The van der Waals surface area contributed by atoms with Crippen LogP contribution >= 0.6 is 0 Å². The Morgan fingerprint density at radius 3 is 1.95 bits per heavy atom. The van der Waals surface area contributed by atoms with E-state index in [1.165, 1.54) is 40.4 Å². The molecule has 0 aliphatic rings. The second kappa shape index (κ2) is 9.44. The maximum atomic E-state index is 11.8.